The molecule has 0 aromatic heterocycles. The van der Waals surface area contributed by atoms with E-state index in [-0.39, 0.29) is 5.41 Å². The quantitative estimate of drug-likeness (QED) is 0.902. The van der Waals surface area contributed by atoms with Crippen LogP contribution < -0.4 is 5.32 Å². The summed E-state index contributed by atoms with van der Waals surface area (Å²) in [5.74, 6) is 1.02. The van der Waals surface area contributed by atoms with Crippen LogP contribution in [0.1, 0.15) is 38.2 Å². The number of carbonyl (C=O) groups excluding carboxylic acids is 1. The van der Waals surface area contributed by atoms with E-state index in [9.17, 15) is 4.79 Å². The summed E-state index contributed by atoms with van der Waals surface area (Å²) in [7, 11) is 0. The number of amides is 1. The van der Waals surface area contributed by atoms with Crippen LogP contribution in [0.5, 0.6) is 0 Å². The van der Waals surface area contributed by atoms with E-state index >= 15 is 0 Å². The van der Waals surface area contributed by atoms with Crippen LogP contribution >= 0.6 is 0 Å². The zero-order valence-corrected chi connectivity index (χ0v) is 14.8. The summed E-state index contributed by atoms with van der Waals surface area (Å²) in [5, 5.41) is 3.44. The topological polar surface area (TPSA) is 41.6 Å². The number of nitrogens with zero attached hydrogens (tertiary/aromatic N) is 1. The van der Waals surface area contributed by atoms with Gasteiger partial charge in [-0.25, -0.2) is 0 Å². The number of piperidine rings is 1. The third kappa shape index (κ3) is 3.65. The lowest BCUT2D eigenvalue weighted by Crippen LogP contribution is -2.52. The van der Waals surface area contributed by atoms with Gasteiger partial charge in [0.1, 0.15) is 0 Å². The molecule has 0 saturated carbocycles. The van der Waals surface area contributed by atoms with Crippen molar-refractivity contribution in [3.63, 3.8) is 0 Å². The fraction of sp³-hybridized carbons (Fsp3) is 0.650. The van der Waals surface area contributed by atoms with Gasteiger partial charge in [-0.05, 0) is 50.3 Å². The summed E-state index contributed by atoms with van der Waals surface area (Å²) in [4.78, 5) is 15.6. The van der Waals surface area contributed by atoms with E-state index in [0.717, 1.165) is 57.4 Å². The highest BCUT2D eigenvalue weighted by molar-refractivity contribution is 5.88. The van der Waals surface area contributed by atoms with Crippen molar-refractivity contribution in [3.05, 3.63) is 35.9 Å². The van der Waals surface area contributed by atoms with Crippen molar-refractivity contribution in [2.24, 2.45) is 5.92 Å². The highest BCUT2D eigenvalue weighted by atomic mass is 16.5. The van der Waals surface area contributed by atoms with Gasteiger partial charge in [0.25, 0.3) is 0 Å². The molecular formula is C20H30N2O2. The SMILES string of the molecule is CCNCC1CCN(C(=O)C2(c3ccccc3)CCOCC2)CC1. The number of carbonyl (C=O) groups is 1. The zero-order valence-electron chi connectivity index (χ0n) is 14.8. The molecule has 2 fully saturated rings. The predicted molar refractivity (Wildman–Crippen MR) is 96.0 cm³/mol. The molecule has 0 bridgehead atoms. The minimum absolute atomic E-state index is 0.318. The van der Waals surface area contributed by atoms with Crippen LogP contribution in [-0.4, -0.2) is 50.2 Å². The van der Waals surface area contributed by atoms with Crippen LogP contribution in [0.15, 0.2) is 30.3 Å². The number of ether oxygens (including phenoxy) is 1. The number of nitrogens with one attached hydrogen (secondary N) is 1. The van der Waals surface area contributed by atoms with Crippen LogP contribution in [0.25, 0.3) is 0 Å². The maximum Gasteiger partial charge on any atom is 0.233 e. The Kier molecular flexibility index (Phi) is 5.90. The summed E-state index contributed by atoms with van der Waals surface area (Å²) in [6.45, 7) is 7.39. The van der Waals surface area contributed by atoms with Crippen molar-refractivity contribution in [3.8, 4) is 0 Å². The smallest absolute Gasteiger partial charge is 0.233 e. The van der Waals surface area contributed by atoms with Crippen LogP contribution in [0.3, 0.4) is 0 Å². The average molecular weight is 330 g/mol. The second kappa shape index (κ2) is 8.13. The summed E-state index contributed by atoms with van der Waals surface area (Å²) in [6, 6.07) is 10.3. The Morgan fingerprint density at radius 1 is 1.21 bits per heavy atom. The predicted octanol–water partition coefficient (Wildman–Crippen LogP) is 2.58. The lowest BCUT2D eigenvalue weighted by Gasteiger charge is -2.42. The van der Waals surface area contributed by atoms with E-state index < -0.39 is 0 Å². The summed E-state index contributed by atoms with van der Waals surface area (Å²) >= 11 is 0. The van der Waals surface area contributed by atoms with Gasteiger partial charge < -0.3 is 15.0 Å². The second-order valence-corrected chi connectivity index (χ2v) is 7.10. The largest absolute Gasteiger partial charge is 0.381 e. The van der Waals surface area contributed by atoms with Crippen LogP contribution in [0.2, 0.25) is 0 Å². The van der Waals surface area contributed by atoms with Crippen LogP contribution in [-0.2, 0) is 14.9 Å². The van der Waals surface area contributed by atoms with Gasteiger partial charge in [-0.15, -0.1) is 0 Å². The maximum absolute atomic E-state index is 13.5. The first-order valence-corrected chi connectivity index (χ1v) is 9.39. The standard InChI is InChI=1S/C20H30N2O2/c1-2-21-16-17-8-12-22(13-9-17)19(23)20(10-14-24-15-11-20)18-6-4-3-5-7-18/h3-7,17,21H,2,8-16H2,1H3. The Hall–Kier alpha value is -1.39. The normalized spacial score (nSPS) is 21.6. The van der Waals surface area contributed by atoms with Crippen molar-refractivity contribution in [2.75, 3.05) is 39.4 Å². The van der Waals surface area contributed by atoms with Crippen molar-refractivity contribution in [1.29, 1.82) is 0 Å². The molecule has 2 saturated heterocycles. The summed E-state index contributed by atoms with van der Waals surface area (Å²) < 4.78 is 5.57. The number of benzene rings is 1. The molecule has 2 aliphatic rings. The highest BCUT2D eigenvalue weighted by Crippen LogP contribution is 2.37. The third-order valence-corrected chi connectivity index (χ3v) is 5.67. The van der Waals surface area contributed by atoms with Gasteiger partial charge in [-0.3, -0.25) is 4.79 Å². The van der Waals surface area contributed by atoms with Gasteiger partial charge >= 0.3 is 0 Å². The number of hydrogen-bond donors (Lipinski definition) is 1. The number of likely N-dealkylation sites (tertiary alicyclic amines) is 1. The molecule has 3 rings (SSSR count). The van der Waals surface area contributed by atoms with Gasteiger partial charge in [-0.1, -0.05) is 37.3 Å². The molecular weight excluding hydrogens is 300 g/mol. The van der Waals surface area contributed by atoms with E-state index in [1.807, 2.05) is 18.2 Å². The van der Waals surface area contributed by atoms with Crippen molar-refractivity contribution >= 4 is 5.91 Å². The Bertz CT molecular complexity index is 518. The first kappa shape index (κ1) is 17.4. The number of hydrogen-bond acceptors (Lipinski definition) is 3. The van der Waals surface area contributed by atoms with E-state index in [1.54, 1.807) is 0 Å². The molecule has 0 radical (unpaired) electrons. The molecule has 1 aromatic carbocycles. The fourth-order valence-corrected chi connectivity index (χ4v) is 4.09. The molecule has 1 amide bonds. The van der Waals surface area contributed by atoms with Gasteiger partial charge in [0.05, 0.1) is 5.41 Å². The van der Waals surface area contributed by atoms with Crippen molar-refractivity contribution < 1.29 is 9.53 Å². The Balaban J connectivity index is 1.71. The summed E-state index contributed by atoms with van der Waals surface area (Å²) in [5.41, 5.74) is 0.779. The molecule has 0 unspecified atom stereocenters. The molecule has 0 spiro atoms. The molecule has 2 heterocycles. The lowest BCUT2D eigenvalue weighted by atomic mass is 9.72. The molecule has 2 aliphatic heterocycles. The molecule has 132 valence electrons. The fourth-order valence-electron chi connectivity index (χ4n) is 4.09. The molecule has 24 heavy (non-hydrogen) atoms. The minimum Gasteiger partial charge on any atom is -0.381 e. The first-order chi connectivity index (χ1) is 11.8. The molecule has 4 heteroatoms. The van der Waals surface area contributed by atoms with Crippen LogP contribution in [0.4, 0.5) is 0 Å². The number of rotatable bonds is 5. The van der Waals surface area contributed by atoms with Crippen molar-refractivity contribution in [2.45, 2.75) is 38.0 Å². The van der Waals surface area contributed by atoms with Crippen molar-refractivity contribution in [1.82, 2.24) is 10.2 Å². The first-order valence-electron chi connectivity index (χ1n) is 9.39. The minimum atomic E-state index is -0.381. The zero-order chi connectivity index (χ0) is 16.8. The second-order valence-electron chi connectivity index (χ2n) is 7.10. The monoisotopic (exact) mass is 330 g/mol. The molecule has 1 aromatic rings. The van der Waals surface area contributed by atoms with E-state index in [4.69, 9.17) is 4.74 Å². The van der Waals surface area contributed by atoms with Gasteiger partial charge in [0, 0.05) is 26.3 Å². The highest BCUT2D eigenvalue weighted by Gasteiger charge is 2.44. The van der Waals surface area contributed by atoms with Gasteiger partial charge in [0.2, 0.25) is 5.91 Å². The molecule has 0 atom stereocenters. The maximum atomic E-state index is 13.5. The molecule has 0 aliphatic carbocycles. The van der Waals surface area contributed by atoms with E-state index in [1.165, 1.54) is 0 Å². The van der Waals surface area contributed by atoms with Gasteiger partial charge in [-0.2, -0.15) is 0 Å². The van der Waals surface area contributed by atoms with E-state index in [0.29, 0.717) is 25.0 Å². The average Bonchev–Trinajstić information content (AvgIpc) is 2.67. The Labute approximate surface area is 145 Å². The molecule has 1 N–H and O–H groups in total. The van der Waals surface area contributed by atoms with Crippen LogP contribution in [0, 0.1) is 5.92 Å². The van der Waals surface area contributed by atoms with Gasteiger partial charge in [0.15, 0.2) is 0 Å². The Morgan fingerprint density at radius 3 is 2.50 bits per heavy atom. The lowest BCUT2D eigenvalue weighted by molar-refractivity contribution is -0.142. The third-order valence-electron chi connectivity index (χ3n) is 5.67. The summed E-state index contributed by atoms with van der Waals surface area (Å²) in [6.07, 6.45) is 3.82. The molecule has 4 nitrogen and oxygen atoms in total. The van der Waals surface area contributed by atoms with E-state index in [2.05, 4.69) is 29.3 Å². The Morgan fingerprint density at radius 2 is 1.88 bits per heavy atom.